The molecular weight excluding hydrogens is 333 g/mol. The minimum Gasteiger partial charge on any atom is -0.302 e. The molecule has 1 heterocycles. The lowest BCUT2D eigenvalue weighted by atomic mass is 10.2. The van der Waals surface area contributed by atoms with Crippen molar-refractivity contribution in [2.45, 2.75) is 32.4 Å². The van der Waals surface area contributed by atoms with Crippen molar-refractivity contribution in [3.05, 3.63) is 52.5 Å². The van der Waals surface area contributed by atoms with Crippen LogP contribution in [-0.2, 0) is 13.1 Å². The normalized spacial score (nSPS) is 11.2. The third kappa shape index (κ3) is 5.59. The van der Waals surface area contributed by atoms with E-state index in [1.165, 1.54) is 6.07 Å². The second-order valence-electron chi connectivity index (χ2n) is 5.30. The Morgan fingerprint density at radius 3 is 2.90 bits per heavy atom. The maximum Gasteiger partial charge on any atom is 0.127 e. The Hall–Kier alpha value is -1.20. The lowest BCUT2D eigenvalue weighted by molar-refractivity contribution is 0.310. The predicted molar refractivity (Wildman–Crippen MR) is 86.5 cm³/mol. The van der Waals surface area contributed by atoms with Gasteiger partial charge < -0.3 is 4.90 Å². The molecular formula is C16H21BrFN3. The van der Waals surface area contributed by atoms with Gasteiger partial charge in [0, 0.05) is 35.5 Å². The summed E-state index contributed by atoms with van der Waals surface area (Å²) in [6.45, 7) is 2.59. The van der Waals surface area contributed by atoms with Crippen LogP contribution in [0.15, 0.2) is 41.1 Å². The van der Waals surface area contributed by atoms with Crippen molar-refractivity contribution < 1.29 is 4.39 Å². The first-order chi connectivity index (χ1) is 10.1. The highest BCUT2D eigenvalue weighted by Gasteiger charge is 2.06. The van der Waals surface area contributed by atoms with Crippen molar-refractivity contribution in [2.24, 2.45) is 0 Å². The zero-order valence-corrected chi connectivity index (χ0v) is 13.9. The molecule has 0 atom stereocenters. The smallest absolute Gasteiger partial charge is 0.127 e. The Morgan fingerprint density at radius 1 is 1.29 bits per heavy atom. The molecule has 0 aliphatic rings. The van der Waals surface area contributed by atoms with Gasteiger partial charge in [-0.25, -0.2) is 4.39 Å². The van der Waals surface area contributed by atoms with Crippen molar-refractivity contribution in [3.8, 4) is 0 Å². The Morgan fingerprint density at radius 2 is 2.14 bits per heavy atom. The van der Waals surface area contributed by atoms with E-state index < -0.39 is 0 Å². The molecule has 0 radical (unpaired) electrons. The van der Waals surface area contributed by atoms with Crippen molar-refractivity contribution >= 4 is 15.9 Å². The van der Waals surface area contributed by atoms with Crippen LogP contribution in [0.5, 0.6) is 0 Å². The van der Waals surface area contributed by atoms with Crippen molar-refractivity contribution in [3.63, 3.8) is 0 Å². The topological polar surface area (TPSA) is 21.1 Å². The van der Waals surface area contributed by atoms with Gasteiger partial charge in [0.15, 0.2) is 0 Å². The quantitative estimate of drug-likeness (QED) is 0.666. The molecule has 0 fully saturated rings. The van der Waals surface area contributed by atoms with Gasteiger partial charge >= 0.3 is 0 Å². The number of benzene rings is 1. The summed E-state index contributed by atoms with van der Waals surface area (Å²) in [6, 6.07) is 7.04. The van der Waals surface area contributed by atoms with E-state index in [-0.39, 0.29) is 5.82 Å². The second-order valence-corrected chi connectivity index (χ2v) is 6.22. The van der Waals surface area contributed by atoms with Crippen LogP contribution in [0.4, 0.5) is 4.39 Å². The summed E-state index contributed by atoms with van der Waals surface area (Å²) in [5.74, 6) is -0.135. The first-order valence-corrected chi connectivity index (χ1v) is 8.04. The highest BCUT2D eigenvalue weighted by atomic mass is 79.9. The van der Waals surface area contributed by atoms with Gasteiger partial charge in [0.1, 0.15) is 5.82 Å². The average molecular weight is 354 g/mol. The molecule has 0 N–H and O–H groups in total. The van der Waals surface area contributed by atoms with Crippen LogP contribution >= 0.6 is 15.9 Å². The second kappa shape index (κ2) is 8.29. The molecule has 2 rings (SSSR count). The van der Waals surface area contributed by atoms with E-state index in [0.29, 0.717) is 6.54 Å². The molecule has 3 nitrogen and oxygen atoms in total. The van der Waals surface area contributed by atoms with Gasteiger partial charge in [-0.15, -0.1) is 0 Å². The van der Waals surface area contributed by atoms with Gasteiger partial charge in [-0.1, -0.05) is 22.4 Å². The minimum atomic E-state index is -0.135. The van der Waals surface area contributed by atoms with Gasteiger partial charge in [0.2, 0.25) is 0 Å². The van der Waals surface area contributed by atoms with Gasteiger partial charge in [-0.05, 0) is 50.7 Å². The van der Waals surface area contributed by atoms with Gasteiger partial charge in [0.25, 0.3) is 0 Å². The summed E-state index contributed by atoms with van der Waals surface area (Å²) in [4.78, 5) is 2.17. The van der Waals surface area contributed by atoms with E-state index in [1.54, 1.807) is 12.3 Å². The minimum absolute atomic E-state index is 0.135. The number of unbranched alkanes of at least 4 members (excludes halogenated alkanes) is 2. The summed E-state index contributed by atoms with van der Waals surface area (Å²) >= 11 is 3.38. The van der Waals surface area contributed by atoms with Crippen molar-refractivity contribution in [2.75, 3.05) is 13.6 Å². The summed E-state index contributed by atoms with van der Waals surface area (Å²) in [6.07, 6.45) is 7.20. The highest BCUT2D eigenvalue weighted by molar-refractivity contribution is 9.10. The fourth-order valence-electron chi connectivity index (χ4n) is 2.30. The van der Waals surface area contributed by atoms with Gasteiger partial charge in [-0.3, -0.25) is 4.68 Å². The standard InChI is InChI=1S/C16H21BrFN3/c1-20(13-14-12-15(17)6-7-16(14)18)9-3-2-4-10-21-11-5-8-19-21/h5-8,11-12H,2-4,9-10,13H2,1H3. The fourth-order valence-corrected chi connectivity index (χ4v) is 2.71. The summed E-state index contributed by atoms with van der Waals surface area (Å²) in [5, 5.41) is 4.18. The third-order valence-corrected chi connectivity index (χ3v) is 3.93. The molecule has 0 bridgehead atoms. The molecule has 0 saturated carbocycles. The summed E-state index contributed by atoms with van der Waals surface area (Å²) < 4.78 is 16.6. The molecule has 0 aliphatic carbocycles. The predicted octanol–water partition coefficient (Wildman–Crippen LogP) is 4.09. The van der Waals surface area contributed by atoms with Crippen LogP contribution in [0.25, 0.3) is 0 Å². The first kappa shape index (κ1) is 16.2. The van der Waals surface area contributed by atoms with Crippen LogP contribution in [0.2, 0.25) is 0 Å². The molecule has 1 aromatic carbocycles. The molecule has 21 heavy (non-hydrogen) atoms. The number of rotatable bonds is 8. The van der Waals surface area contributed by atoms with E-state index >= 15 is 0 Å². The summed E-state index contributed by atoms with van der Waals surface area (Å²) in [7, 11) is 2.04. The maximum absolute atomic E-state index is 13.7. The first-order valence-electron chi connectivity index (χ1n) is 7.25. The van der Waals surface area contributed by atoms with E-state index in [1.807, 2.05) is 30.1 Å². The van der Waals surface area contributed by atoms with E-state index in [4.69, 9.17) is 0 Å². The van der Waals surface area contributed by atoms with Crippen LogP contribution in [0, 0.1) is 5.82 Å². The number of hydrogen-bond acceptors (Lipinski definition) is 2. The van der Waals surface area contributed by atoms with Gasteiger partial charge in [-0.2, -0.15) is 5.10 Å². The van der Waals surface area contributed by atoms with Crippen LogP contribution in [-0.4, -0.2) is 28.3 Å². The average Bonchev–Trinajstić information content (AvgIpc) is 2.96. The van der Waals surface area contributed by atoms with E-state index in [0.717, 1.165) is 42.4 Å². The molecule has 0 amide bonds. The molecule has 114 valence electrons. The zero-order valence-electron chi connectivity index (χ0n) is 12.3. The summed E-state index contributed by atoms with van der Waals surface area (Å²) in [5.41, 5.74) is 0.739. The number of nitrogens with zero attached hydrogens (tertiary/aromatic N) is 3. The number of aromatic nitrogens is 2. The number of hydrogen-bond donors (Lipinski definition) is 0. The lowest BCUT2D eigenvalue weighted by Gasteiger charge is -2.17. The van der Waals surface area contributed by atoms with Crippen LogP contribution in [0.1, 0.15) is 24.8 Å². The molecule has 0 spiro atoms. The Balaban J connectivity index is 1.65. The highest BCUT2D eigenvalue weighted by Crippen LogP contribution is 2.17. The Labute approximate surface area is 133 Å². The fraction of sp³-hybridized carbons (Fsp3) is 0.438. The molecule has 2 aromatic rings. The molecule has 0 aliphatic heterocycles. The SMILES string of the molecule is CN(CCCCCn1cccn1)Cc1cc(Br)ccc1F. The van der Waals surface area contributed by atoms with Crippen molar-refractivity contribution in [1.29, 1.82) is 0 Å². The molecule has 5 heteroatoms. The van der Waals surface area contributed by atoms with Gasteiger partial charge in [0.05, 0.1) is 0 Å². The van der Waals surface area contributed by atoms with E-state index in [9.17, 15) is 4.39 Å². The van der Waals surface area contributed by atoms with Crippen LogP contribution < -0.4 is 0 Å². The molecule has 0 unspecified atom stereocenters. The Bertz CT molecular complexity index is 542. The van der Waals surface area contributed by atoms with E-state index in [2.05, 4.69) is 25.9 Å². The Kier molecular flexibility index (Phi) is 6.39. The monoisotopic (exact) mass is 353 g/mol. The molecule has 1 aromatic heterocycles. The number of halogens is 2. The zero-order chi connectivity index (χ0) is 15.1. The molecule has 0 saturated heterocycles. The lowest BCUT2D eigenvalue weighted by Crippen LogP contribution is -2.20. The maximum atomic E-state index is 13.7. The largest absolute Gasteiger partial charge is 0.302 e. The van der Waals surface area contributed by atoms with Crippen LogP contribution in [0.3, 0.4) is 0 Å². The van der Waals surface area contributed by atoms with Crippen molar-refractivity contribution in [1.82, 2.24) is 14.7 Å². The third-order valence-electron chi connectivity index (χ3n) is 3.43. The number of aryl methyl sites for hydroxylation is 1.